The van der Waals surface area contributed by atoms with Crippen LogP contribution < -0.4 is 10.5 Å². The smallest absolute Gasteiger partial charge is 0.258 e. The van der Waals surface area contributed by atoms with Gasteiger partial charge in [0.05, 0.1) is 0 Å². The Morgan fingerprint density at radius 2 is 2.18 bits per heavy atom. The zero-order valence-electron chi connectivity index (χ0n) is 9.73. The third kappa shape index (κ3) is 2.46. The van der Waals surface area contributed by atoms with E-state index in [2.05, 4.69) is 0 Å². The fourth-order valence-corrected chi connectivity index (χ4v) is 1.96. The molecule has 1 aliphatic carbocycles. The summed E-state index contributed by atoms with van der Waals surface area (Å²) in [6.45, 7) is 1.60. The first kappa shape index (κ1) is 11.6. The van der Waals surface area contributed by atoms with Crippen LogP contribution in [0.15, 0.2) is 18.2 Å². The Labute approximate surface area is 99.8 Å². The standard InChI is InChI=1S/C13H15NO3/c1-8(13(14)16)17-10-5-6-11-9(7-10)3-2-4-12(11)15/h5-8H,2-4H2,1H3,(H2,14,16). The second kappa shape index (κ2) is 4.57. The number of primary amides is 1. The van der Waals surface area contributed by atoms with Gasteiger partial charge in [-0.05, 0) is 43.5 Å². The third-order valence-electron chi connectivity index (χ3n) is 2.94. The van der Waals surface area contributed by atoms with E-state index in [1.165, 1.54) is 0 Å². The summed E-state index contributed by atoms with van der Waals surface area (Å²) in [5.41, 5.74) is 6.89. The van der Waals surface area contributed by atoms with Gasteiger partial charge in [-0.3, -0.25) is 9.59 Å². The maximum atomic E-state index is 11.6. The summed E-state index contributed by atoms with van der Waals surface area (Å²) in [4.78, 5) is 22.5. The minimum Gasteiger partial charge on any atom is -0.481 e. The lowest BCUT2D eigenvalue weighted by molar-refractivity contribution is -0.123. The Bertz CT molecular complexity index is 468. The molecule has 0 spiro atoms. The van der Waals surface area contributed by atoms with Crippen LogP contribution in [0, 0.1) is 0 Å². The molecule has 0 aromatic heterocycles. The van der Waals surface area contributed by atoms with E-state index in [9.17, 15) is 9.59 Å². The van der Waals surface area contributed by atoms with Gasteiger partial charge in [-0.1, -0.05) is 0 Å². The summed E-state index contributed by atoms with van der Waals surface area (Å²) in [6.07, 6.45) is 1.71. The second-order valence-corrected chi connectivity index (χ2v) is 4.26. The molecule has 4 heteroatoms. The van der Waals surface area contributed by atoms with Crippen molar-refractivity contribution >= 4 is 11.7 Å². The van der Waals surface area contributed by atoms with Crippen LogP contribution >= 0.6 is 0 Å². The van der Waals surface area contributed by atoms with Gasteiger partial charge >= 0.3 is 0 Å². The molecule has 1 atom stereocenters. The van der Waals surface area contributed by atoms with Gasteiger partial charge in [0.25, 0.3) is 5.91 Å². The maximum Gasteiger partial charge on any atom is 0.258 e. The number of ether oxygens (including phenoxy) is 1. The number of nitrogens with two attached hydrogens (primary N) is 1. The number of carbonyl (C=O) groups is 2. The van der Waals surface area contributed by atoms with E-state index >= 15 is 0 Å². The highest BCUT2D eigenvalue weighted by atomic mass is 16.5. The first-order chi connectivity index (χ1) is 8.08. The van der Waals surface area contributed by atoms with Gasteiger partial charge < -0.3 is 10.5 Å². The van der Waals surface area contributed by atoms with Crippen molar-refractivity contribution in [2.24, 2.45) is 5.73 Å². The number of fused-ring (bicyclic) bond motifs is 1. The van der Waals surface area contributed by atoms with Crippen LogP contribution in [0.4, 0.5) is 0 Å². The molecule has 0 radical (unpaired) electrons. The van der Waals surface area contributed by atoms with Crippen LogP contribution in [0.2, 0.25) is 0 Å². The molecule has 1 aliphatic rings. The van der Waals surface area contributed by atoms with Crippen LogP contribution in [0.1, 0.15) is 35.7 Å². The van der Waals surface area contributed by atoms with Crippen molar-refractivity contribution < 1.29 is 14.3 Å². The Hall–Kier alpha value is -1.84. The fourth-order valence-electron chi connectivity index (χ4n) is 1.96. The number of carbonyl (C=O) groups excluding carboxylic acids is 2. The second-order valence-electron chi connectivity index (χ2n) is 4.26. The van der Waals surface area contributed by atoms with Crippen molar-refractivity contribution in [3.05, 3.63) is 29.3 Å². The van der Waals surface area contributed by atoms with Crippen molar-refractivity contribution in [1.29, 1.82) is 0 Å². The molecule has 0 saturated heterocycles. The number of hydrogen-bond donors (Lipinski definition) is 1. The molecule has 2 rings (SSSR count). The molecule has 1 unspecified atom stereocenters. The average Bonchev–Trinajstić information content (AvgIpc) is 2.29. The van der Waals surface area contributed by atoms with Crippen molar-refractivity contribution in [1.82, 2.24) is 0 Å². The van der Waals surface area contributed by atoms with E-state index in [1.807, 2.05) is 6.07 Å². The molecule has 0 fully saturated rings. The van der Waals surface area contributed by atoms with E-state index in [-0.39, 0.29) is 5.78 Å². The molecule has 0 saturated carbocycles. The Balaban J connectivity index is 2.21. The summed E-state index contributed by atoms with van der Waals surface area (Å²) >= 11 is 0. The van der Waals surface area contributed by atoms with E-state index in [0.717, 1.165) is 24.0 Å². The van der Waals surface area contributed by atoms with E-state index in [0.29, 0.717) is 12.2 Å². The summed E-state index contributed by atoms with van der Waals surface area (Å²) in [5, 5.41) is 0. The molecule has 0 bridgehead atoms. The number of ketones is 1. The lowest BCUT2D eigenvalue weighted by atomic mass is 9.90. The van der Waals surface area contributed by atoms with Gasteiger partial charge in [-0.2, -0.15) is 0 Å². The molecule has 1 amide bonds. The van der Waals surface area contributed by atoms with Crippen LogP contribution in [0.5, 0.6) is 5.75 Å². The van der Waals surface area contributed by atoms with Crippen LogP contribution in [-0.2, 0) is 11.2 Å². The quantitative estimate of drug-likeness (QED) is 0.859. The predicted octanol–water partition coefficient (Wildman–Crippen LogP) is 1.46. The molecule has 4 nitrogen and oxygen atoms in total. The van der Waals surface area contributed by atoms with Crippen molar-refractivity contribution in [3.63, 3.8) is 0 Å². The first-order valence-corrected chi connectivity index (χ1v) is 5.70. The lowest BCUT2D eigenvalue weighted by Crippen LogP contribution is -2.30. The summed E-state index contributed by atoms with van der Waals surface area (Å²) in [6, 6.07) is 5.30. The van der Waals surface area contributed by atoms with E-state index < -0.39 is 12.0 Å². The molecule has 0 aliphatic heterocycles. The van der Waals surface area contributed by atoms with Crippen LogP contribution in [0.25, 0.3) is 0 Å². The van der Waals surface area contributed by atoms with Crippen molar-refractivity contribution in [2.75, 3.05) is 0 Å². The number of benzene rings is 1. The van der Waals surface area contributed by atoms with Crippen LogP contribution in [0.3, 0.4) is 0 Å². The maximum absolute atomic E-state index is 11.6. The first-order valence-electron chi connectivity index (χ1n) is 5.70. The highest BCUT2D eigenvalue weighted by Crippen LogP contribution is 2.25. The normalized spacial score (nSPS) is 16.2. The largest absolute Gasteiger partial charge is 0.481 e. The van der Waals surface area contributed by atoms with Gasteiger partial charge in [0.15, 0.2) is 11.9 Å². The number of aryl methyl sites for hydroxylation is 1. The van der Waals surface area contributed by atoms with Gasteiger partial charge in [0.2, 0.25) is 0 Å². The van der Waals surface area contributed by atoms with Gasteiger partial charge in [0, 0.05) is 12.0 Å². The molecular weight excluding hydrogens is 218 g/mol. The van der Waals surface area contributed by atoms with Crippen molar-refractivity contribution in [3.8, 4) is 5.75 Å². The predicted molar refractivity (Wildman–Crippen MR) is 63.0 cm³/mol. The molecular formula is C13H15NO3. The minimum atomic E-state index is -0.660. The highest BCUT2D eigenvalue weighted by Gasteiger charge is 2.18. The summed E-state index contributed by atoms with van der Waals surface area (Å²) in [7, 11) is 0. The van der Waals surface area contributed by atoms with Gasteiger partial charge in [-0.15, -0.1) is 0 Å². The molecule has 1 aromatic rings. The van der Waals surface area contributed by atoms with E-state index in [1.54, 1.807) is 19.1 Å². The number of hydrogen-bond acceptors (Lipinski definition) is 3. The minimum absolute atomic E-state index is 0.181. The topological polar surface area (TPSA) is 69.4 Å². The average molecular weight is 233 g/mol. The number of Topliss-reactive ketones (excluding diaryl/α,β-unsaturated/α-hetero) is 1. The molecule has 0 heterocycles. The number of amides is 1. The fraction of sp³-hybridized carbons (Fsp3) is 0.385. The highest BCUT2D eigenvalue weighted by molar-refractivity contribution is 5.98. The van der Waals surface area contributed by atoms with Crippen molar-refractivity contribution in [2.45, 2.75) is 32.3 Å². The Morgan fingerprint density at radius 3 is 2.88 bits per heavy atom. The lowest BCUT2D eigenvalue weighted by Gasteiger charge is -2.17. The van der Waals surface area contributed by atoms with E-state index in [4.69, 9.17) is 10.5 Å². The molecule has 17 heavy (non-hydrogen) atoms. The molecule has 1 aromatic carbocycles. The Kier molecular flexibility index (Phi) is 3.13. The monoisotopic (exact) mass is 233 g/mol. The summed E-state index contributed by atoms with van der Waals surface area (Å²) in [5.74, 6) is 0.268. The zero-order valence-corrected chi connectivity index (χ0v) is 9.73. The molecule has 90 valence electrons. The zero-order chi connectivity index (χ0) is 12.4. The van der Waals surface area contributed by atoms with Crippen LogP contribution in [-0.4, -0.2) is 17.8 Å². The van der Waals surface area contributed by atoms with Gasteiger partial charge in [-0.25, -0.2) is 0 Å². The van der Waals surface area contributed by atoms with Gasteiger partial charge in [0.1, 0.15) is 5.75 Å². The molecule has 2 N–H and O–H groups in total. The third-order valence-corrected chi connectivity index (χ3v) is 2.94. The number of rotatable bonds is 3. The SMILES string of the molecule is CC(Oc1ccc2c(c1)CCCC2=O)C(N)=O. The Morgan fingerprint density at radius 1 is 1.41 bits per heavy atom. The summed E-state index contributed by atoms with van der Waals surface area (Å²) < 4.78 is 5.39.